The third-order valence-electron chi connectivity index (χ3n) is 1.43. The zero-order valence-electron chi connectivity index (χ0n) is 7.33. The van der Waals surface area contributed by atoms with Gasteiger partial charge in [0, 0.05) is 0 Å². The van der Waals surface area contributed by atoms with Crippen LogP contribution in [-0.2, 0) is 4.57 Å². The monoisotopic (exact) mass is 181 g/mol. The Kier molecular flexibility index (Phi) is 3.27. The van der Waals surface area contributed by atoms with E-state index in [1.54, 1.807) is 27.8 Å². The van der Waals surface area contributed by atoms with Gasteiger partial charge in [0.25, 0.3) is 0 Å². The lowest BCUT2D eigenvalue weighted by Crippen LogP contribution is -2.37. The van der Waals surface area contributed by atoms with Gasteiger partial charge >= 0.3 is 7.60 Å². The summed E-state index contributed by atoms with van der Waals surface area (Å²) in [6.07, 6.45) is 0. The van der Waals surface area contributed by atoms with E-state index >= 15 is 0 Å². The van der Waals surface area contributed by atoms with Gasteiger partial charge < -0.3 is 15.1 Å². The third-order valence-corrected chi connectivity index (χ3v) is 3.14. The number of hydrogen-bond donors (Lipinski definition) is 3. The highest BCUT2D eigenvalue weighted by Gasteiger charge is 2.37. The molecule has 0 rings (SSSR count). The van der Waals surface area contributed by atoms with Crippen LogP contribution in [0.5, 0.6) is 0 Å². The molecule has 3 N–H and O–H groups in total. The minimum absolute atomic E-state index is 0.423. The predicted octanol–water partition coefficient (Wildman–Crippen LogP) is 0.756. The Balaban J connectivity index is 4.57. The Hall–Kier alpha value is 0.110. The first kappa shape index (κ1) is 11.1. The van der Waals surface area contributed by atoms with E-state index in [4.69, 9.17) is 9.79 Å². The maximum Gasteiger partial charge on any atom is 0.342 e. The summed E-state index contributed by atoms with van der Waals surface area (Å²) in [5, 5.41) is 2.62. The summed E-state index contributed by atoms with van der Waals surface area (Å²) < 4.78 is 10.8. The van der Waals surface area contributed by atoms with Crippen molar-refractivity contribution in [2.45, 2.75) is 26.6 Å². The molecule has 0 aliphatic heterocycles. The Morgan fingerprint density at radius 1 is 1.36 bits per heavy atom. The molecule has 1 atom stereocenters. The lowest BCUT2D eigenvalue weighted by atomic mass is 9.97. The maximum absolute atomic E-state index is 10.8. The number of hydrogen-bond acceptors (Lipinski definition) is 2. The molecule has 0 heterocycles. The zero-order valence-corrected chi connectivity index (χ0v) is 8.22. The maximum atomic E-state index is 10.8. The van der Waals surface area contributed by atoms with Crippen LogP contribution in [0, 0.1) is 5.41 Å². The summed E-state index contributed by atoms with van der Waals surface area (Å²) in [5.74, 6) is -0.769. The van der Waals surface area contributed by atoms with Crippen molar-refractivity contribution in [3.05, 3.63) is 0 Å². The topological polar surface area (TPSA) is 69.6 Å². The fourth-order valence-corrected chi connectivity index (χ4v) is 2.45. The Morgan fingerprint density at radius 2 is 1.73 bits per heavy atom. The SMILES string of the molecule is CNC(C(C)(C)C)P(=O)(O)O. The van der Waals surface area contributed by atoms with Crippen LogP contribution in [0.3, 0.4) is 0 Å². The van der Waals surface area contributed by atoms with Crippen LogP contribution in [0.1, 0.15) is 20.8 Å². The Labute approximate surface area is 67.2 Å². The molecule has 0 radical (unpaired) electrons. The average molecular weight is 181 g/mol. The van der Waals surface area contributed by atoms with Crippen molar-refractivity contribution in [1.29, 1.82) is 0 Å². The molecule has 1 unspecified atom stereocenters. The Bertz CT molecular complexity index is 169. The molecule has 11 heavy (non-hydrogen) atoms. The average Bonchev–Trinajstić information content (AvgIpc) is 1.56. The minimum atomic E-state index is -4.01. The van der Waals surface area contributed by atoms with Crippen molar-refractivity contribution in [3.63, 3.8) is 0 Å². The summed E-state index contributed by atoms with van der Waals surface area (Å²) in [7, 11) is -2.46. The van der Waals surface area contributed by atoms with Crippen molar-refractivity contribution >= 4 is 7.60 Å². The predicted molar refractivity (Wildman–Crippen MR) is 44.3 cm³/mol. The normalized spacial score (nSPS) is 16.5. The zero-order chi connectivity index (χ0) is 9.28. The standard InChI is InChI=1S/C6H16NO3P/c1-6(2,3)5(7-4)11(8,9)10/h5,7H,1-4H3,(H2,8,9,10). The number of rotatable bonds is 2. The molecule has 0 bridgehead atoms. The molecule has 4 nitrogen and oxygen atoms in total. The van der Waals surface area contributed by atoms with Gasteiger partial charge in [0.05, 0.1) is 0 Å². The van der Waals surface area contributed by atoms with E-state index in [2.05, 4.69) is 5.32 Å². The first-order valence-corrected chi connectivity index (χ1v) is 5.10. The van der Waals surface area contributed by atoms with E-state index in [0.717, 1.165) is 0 Å². The van der Waals surface area contributed by atoms with Gasteiger partial charge in [0.1, 0.15) is 5.78 Å². The van der Waals surface area contributed by atoms with E-state index in [1.165, 1.54) is 0 Å². The smallest absolute Gasteiger partial charge is 0.323 e. The Morgan fingerprint density at radius 3 is 1.73 bits per heavy atom. The molecule has 68 valence electrons. The highest BCUT2D eigenvalue weighted by molar-refractivity contribution is 7.52. The van der Waals surface area contributed by atoms with Crippen molar-refractivity contribution < 1.29 is 14.4 Å². The molecule has 0 fully saturated rings. The summed E-state index contributed by atoms with van der Waals surface area (Å²) >= 11 is 0. The molecule has 0 spiro atoms. The molecule has 0 aromatic carbocycles. The quantitative estimate of drug-likeness (QED) is 0.550. The number of nitrogens with one attached hydrogen (secondary N) is 1. The van der Waals surface area contributed by atoms with E-state index in [1.807, 2.05) is 0 Å². The second kappa shape index (κ2) is 3.23. The van der Waals surface area contributed by atoms with Crippen LogP contribution < -0.4 is 5.32 Å². The summed E-state index contributed by atoms with van der Waals surface area (Å²) in [4.78, 5) is 17.7. The lowest BCUT2D eigenvalue weighted by molar-refractivity contribution is 0.277. The van der Waals surface area contributed by atoms with Gasteiger partial charge in [0.15, 0.2) is 0 Å². The van der Waals surface area contributed by atoms with Crippen LogP contribution >= 0.6 is 7.60 Å². The lowest BCUT2D eigenvalue weighted by Gasteiger charge is -2.30. The van der Waals surface area contributed by atoms with Crippen molar-refractivity contribution in [1.82, 2.24) is 5.32 Å². The molecule has 0 saturated heterocycles. The second-order valence-electron chi connectivity index (χ2n) is 3.65. The summed E-state index contributed by atoms with van der Waals surface area (Å²) in [6.45, 7) is 5.35. The van der Waals surface area contributed by atoms with Crippen molar-refractivity contribution in [2.75, 3.05) is 7.05 Å². The highest BCUT2D eigenvalue weighted by atomic mass is 31.2. The van der Waals surface area contributed by atoms with Crippen molar-refractivity contribution in [2.24, 2.45) is 5.41 Å². The fourth-order valence-electron chi connectivity index (χ4n) is 1.11. The van der Waals surface area contributed by atoms with E-state index in [9.17, 15) is 4.57 Å². The molecule has 0 saturated carbocycles. The first-order valence-electron chi connectivity index (χ1n) is 3.42. The molecule has 5 heteroatoms. The van der Waals surface area contributed by atoms with E-state index in [-0.39, 0.29) is 0 Å². The van der Waals surface area contributed by atoms with Crippen LogP contribution in [-0.4, -0.2) is 22.6 Å². The van der Waals surface area contributed by atoms with Crippen LogP contribution in [0.4, 0.5) is 0 Å². The minimum Gasteiger partial charge on any atom is -0.323 e. The van der Waals surface area contributed by atoms with E-state index in [0.29, 0.717) is 0 Å². The van der Waals surface area contributed by atoms with E-state index < -0.39 is 18.8 Å². The first-order chi connectivity index (χ1) is 4.69. The van der Waals surface area contributed by atoms with Gasteiger partial charge in [-0.25, -0.2) is 0 Å². The van der Waals surface area contributed by atoms with Gasteiger partial charge in [-0.2, -0.15) is 0 Å². The van der Waals surface area contributed by atoms with Crippen LogP contribution in [0.25, 0.3) is 0 Å². The highest BCUT2D eigenvalue weighted by Crippen LogP contribution is 2.47. The van der Waals surface area contributed by atoms with Gasteiger partial charge in [-0.3, -0.25) is 4.57 Å². The molecule has 0 aromatic heterocycles. The van der Waals surface area contributed by atoms with Crippen LogP contribution in [0.2, 0.25) is 0 Å². The fraction of sp³-hybridized carbons (Fsp3) is 1.00. The van der Waals surface area contributed by atoms with Crippen LogP contribution in [0.15, 0.2) is 0 Å². The molecular weight excluding hydrogens is 165 g/mol. The molecule has 0 aromatic rings. The van der Waals surface area contributed by atoms with Gasteiger partial charge in [-0.15, -0.1) is 0 Å². The third kappa shape index (κ3) is 3.34. The van der Waals surface area contributed by atoms with Gasteiger partial charge in [-0.05, 0) is 12.5 Å². The van der Waals surface area contributed by atoms with Crippen molar-refractivity contribution in [3.8, 4) is 0 Å². The molecular formula is C6H16NO3P. The summed E-state index contributed by atoms with van der Waals surface area (Å²) in [6, 6.07) is 0. The largest absolute Gasteiger partial charge is 0.342 e. The van der Waals surface area contributed by atoms with Gasteiger partial charge in [-0.1, -0.05) is 20.8 Å². The van der Waals surface area contributed by atoms with Gasteiger partial charge in [0.2, 0.25) is 0 Å². The molecule has 0 aliphatic carbocycles. The molecule has 0 aliphatic rings. The second-order valence-corrected chi connectivity index (χ2v) is 5.34. The summed E-state index contributed by atoms with van der Waals surface area (Å²) in [5.41, 5.74) is -0.423. The molecule has 0 amide bonds.